The first-order valence-corrected chi connectivity index (χ1v) is 12.1. The van der Waals surface area contributed by atoms with Crippen molar-refractivity contribution < 1.29 is 19.2 Å². The molecule has 6 N–H and O–H groups in total. The molecule has 2 aromatic rings. The fraction of sp³-hybridized carbons (Fsp3) is 0.462. The van der Waals surface area contributed by atoms with Crippen molar-refractivity contribution in [3.63, 3.8) is 0 Å². The molecule has 2 amide bonds. The summed E-state index contributed by atoms with van der Waals surface area (Å²) >= 11 is 0. The summed E-state index contributed by atoms with van der Waals surface area (Å²) in [5, 5.41) is 6.56. The van der Waals surface area contributed by atoms with Crippen molar-refractivity contribution in [2.75, 3.05) is 13.1 Å². The predicted molar refractivity (Wildman–Crippen MR) is 137 cm³/mol. The van der Waals surface area contributed by atoms with Gasteiger partial charge in [-0.3, -0.25) is 29.1 Å². The van der Waals surface area contributed by atoms with E-state index in [1.165, 1.54) is 36.9 Å². The van der Waals surface area contributed by atoms with E-state index in [9.17, 15) is 19.2 Å². The highest BCUT2D eigenvalue weighted by molar-refractivity contribution is 6.10. The number of hydrogen-bond acceptors (Lipinski definition) is 8. The largest absolute Gasteiger partial charge is 0.366 e. The summed E-state index contributed by atoms with van der Waals surface area (Å²) in [4.78, 5) is 57.5. The molecule has 0 bridgehead atoms. The standard InChI is InChI=1S/C26H36N6O4/c1-15(2)21(23(33)19-13-29-11-7-17(19)25(27)35)31-9-5-6-10-32-22(16(3)4)24(34)20-14-30-12-8-18(20)26(28)36/h7-8,11-16,21-22,31-32H,5-6,9-10H2,1-4H3,(H2,27,35)(H2,28,36). The van der Waals surface area contributed by atoms with Gasteiger partial charge in [-0.15, -0.1) is 0 Å². The number of nitrogens with two attached hydrogens (primary N) is 2. The van der Waals surface area contributed by atoms with Crippen LogP contribution in [0.4, 0.5) is 0 Å². The van der Waals surface area contributed by atoms with E-state index in [0.29, 0.717) is 13.1 Å². The molecule has 2 rings (SSSR count). The van der Waals surface area contributed by atoms with E-state index >= 15 is 0 Å². The number of unbranched alkanes of at least 4 members (excludes halogenated alkanes) is 1. The van der Waals surface area contributed by atoms with Crippen molar-refractivity contribution in [2.45, 2.75) is 52.6 Å². The van der Waals surface area contributed by atoms with Gasteiger partial charge in [0.05, 0.1) is 34.3 Å². The molecule has 0 aliphatic rings. The number of carbonyl (C=O) groups excluding carboxylic acids is 4. The quantitative estimate of drug-likeness (QED) is 0.213. The molecule has 0 saturated carbocycles. The average Bonchev–Trinajstić information content (AvgIpc) is 2.84. The summed E-state index contributed by atoms with van der Waals surface area (Å²) in [6.45, 7) is 8.84. The van der Waals surface area contributed by atoms with Gasteiger partial charge in [0.15, 0.2) is 11.6 Å². The smallest absolute Gasteiger partial charge is 0.249 e. The third-order valence-corrected chi connectivity index (χ3v) is 5.93. The van der Waals surface area contributed by atoms with E-state index in [0.717, 1.165) is 12.8 Å². The lowest BCUT2D eigenvalue weighted by atomic mass is 9.92. The second kappa shape index (κ2) is 13.6. The van der Waals surface area contributed by atoms with Crippen LogP contribution < -0.4 is 22.1 Å². The fourth-order valence-electron chi connectivity index (χ4n) is 3.97. The Bertz CT molecular complexity index is 1000. The molecule has 2 aromatic heterocycles. The van der Waals surface area contributed by atoms with Gasteiger partial charge in [0.2, 0.25) is 11.8 Å². The molecule has 0 fully saturated rings. The van der Waals surface area contributed by atoms with Crippen molar-refractivity contribution in [1.82, 2.24) is 20.6 Å². The Morgan fingerprint density at radius 3 is 1.36 bits per heavy atom. The maximum Gasteiger partial charge on any atom is 0.249 e. The molecule has 0 aromatic carbocycles. The van der Waals surface area contributed by atoms with Gasteiger partial charge >= 0.3 is 0 Å². The lowest BCUT2D eigenvalue weighted by Crippen LogP contribution is -2.43. The second-order valence-electron chi connectivity index (χ2n) is 9.36. The fourth-order valence-corrected chi connectivity index (χ4v) is 3.97. The molecule has 2 unspecified atom stereocenters. The zero-order valence-corrected chi connectivity index (χ0v) is 21.3. The van der Waals surface area contributed by atoms with Gasteiger partial charge < -0.3 is 22.1 Å². The molecule has 194 valence electrons. The van der Waals surface area contributed by atoms with Crippen LogP contribution in [0.3, 0.4) is 0 Å². The molecular formula is C26H36N6O4. The topological polar surface area (TPSA) is 170 Å². The zero-order valence-electron chi connectivity index (χ0n) is 21.3. The van der Waals surface area contributed by atoms with Crippen LogP contribution in [0.1, 0.15) is 82.0 Å². The minimum absolute atomic E-state index is 0.0153. The molecule has 2 atom stereocenters. The number of nitrogens with zero attached hydrogens (tertiary/aromatic N) is 2. The van der Waals surface area contributed by atoms with Crippen molar-refractivity contribution in [3.05, 3.63) is 59.2 Å². The lowest BCUT2D eigenvalue weighted by molar-refractivity contribution is 0.0898. The Morgan fingerprint density at radius 1 is 0.694 bits per heavy atom. The Kier molecular flexibility index (Phi) is 10.8. The Morgan fingerprint density at radius 2 is 1.06 bits per heavy atom. The van der Waals surface area contributed by atoms with Gasteiger partial charge in [0.1, 0.15) is 0 Å². The minimum atomic E-state index is -0.669. The summed E-state index contributed by atoms with van der Waals surface area (Å²) in [5.74, 6) is -1.82. The van der Waals surface area contributed by atoms with Gasteiger partial charge in [-0.2, -0.15) is 0 Å². The van der Waals surface area contributed by atoms with Crippen LogP contribution in [0, 0.1) is 11.8 Å². The molecule has 2 heterocycles. The van der Waals surface area contributed by atoms with Crippen molar-refractivity contribution in [2.24, 2.45) is 23.3 Å². The summed E-state index contributed by atoms with van der Waals surface area (Å²) in [5.41, 5.74) is 11.6. The molecule has 0 saturated heterocycles. The van der Waals surface area contributed by atoms with Crippen LogP contribution in [-0.4, -0.2) is 58.5 Å². The van der Waals surface area contributed by atoms with E-state index < -0.39 is 23.9 Å². The van der Waals surface area contributed by atoms with E-state index in [1.54, 1.807) is 0 Å². The van der Waals surface area contributed by atoms with E-state index in [2.05, 4.69) is 20.6 Å². The van der Waals surface area contributed by atoms with E-state index in [-0.39, 0.29) is 45.7 Å². The minimum Gasteiger partial charge on any atom is -0.366 e. The predicted octanol–water partition coefficient (Wildman–Crippen LogP) is 1.75. The number of ketones is 2. The van der Waals surface area contributed by atoms with Crippen LogP contribution >= 0.6 is 0 Å². The molecule has 0 spiro atoms. The Labute approximate surface area is 211 Å². The maximum atomic E-state index is 13.1. The van der Waals surface area contributed by atoms with Crippen molar-refractivity contribution in [1.29, 1.82) is 0 Å². The summed E-state index contributed by atoms with van der Waals surface area (Å²) in [6.07, 6.45) is 7.10. The highest BCUT2D eigenvalue weighted by Gasteiger charge is 2.27. The third-order valence-electron chi connectivity index (χ3n) is 5.93. The number of carbonyl (C=O) groups is 4. The Balaban J connectivity index is 1.92. The zero-order chi connectivity index (χ0) is 26.8. The van der Waals surface area contributed by atoms with E-state index in [1.807, 2.05) is 27.7 Å². The summed E-state index contributed by atoms with van der Waals surface area (Å²) in [6, 6.07) is 1.90. The molecule has 10 heteroatoms. The maximum absolute atomic E-state index is 13.1. The Hall–Kier alpha value is -3.50. The van der Waals surface area contributed by atoms with Crippen LogP contribution in [0.2, 0.25) is 0 Å². The third kappa shape index (κ3) is 7.50. The highest BCUT2D eigenvalue weighted by atomic mass is 16.2. The number of nitrogens with one attached hydrogen (secondary N) is 2. The van der Waals surface area contributed by atoms with Gasteiger partial charge in [0, 0.05) is 24.8 Å². The lowest BCUT2D eigenvalue weighted by Gasteiger charge is -2.23. The number of rotatable bonds is 15. The van der Waals surface area contributed by atoms with E-state index in [4.69, 9.17) is 11.5 Å². The molecule has 0 radical (unpaired) electrons. The van der Waals surface area contributed by atoms with Gasteiger partial charge in [0.25, 0.3) is 0 Å². The number of amides is 2. The first kappa shape index (κ1) is 28.7. The highest BCUT2D eigenvalue weighted by Crippen LogP contribution is 2.16. The first-order valence-electron chi connectivity index (χ1n) is 12.1. The number of pyridine rings is 2. The first-order chi connectivity index (χ1) is 17.1. The van der Waals surface area contributed by atoms with Gasteiger partial charge in [-0.1, -0.05) is 27.7 Å². The van der Waals surface area contributed by atoms with Gasteiger partial charge in [-0.05, 0) is 49.9 Å². The number of Topliss-reactive ketones (excluding diaryl/α,β-unsaturated/α-hetero) is 2. The summed E-state index contributed by atoms with van der Waals surface area (Å²) < 4.78 is 0. The van der Waals surface area contributed by atoms with Crippen LogP contribution in [-0.2, 0) is 0 Å². The van der Waals surface area contributed by atoms with Gasteiger partial charge in [-0.25, -0.2) is 0 Å². The second-order valence-corrected chi connectivity index (χ2v) is 9.36. The number of primary amides is 2. The van der Waals surface area contributed by atoms with Crippen LogP contribution in [0.15, 0.2) is 36.9 Å². The molecule has 0 aliphatic carbocycles. The monoisotopic (exact) mass is 496 g/mol. The SMILES string of the molecule is CC(C)C(NCCCCNC(C(=O)c1cnccc1C(N)=O)C(C)C)C(=O)c1cnccc1C(N)=O. The van der Waals surface area contributed by atoms with Crippen molar-refractivity contribution in [3.8, 4) is 0 Å². The average molecular weight is 497 g/mol. The molecule has 36 heavy (non-hydrogen) atoms. The molecule has 10 nitrogen and oxygen atoms in total. The number of hydrogen-bond donors (Lipinski definition) is 4. The summed E-state index contributed by atoms with van der Waals surface area (Å²) in [7, 11) is 0. The van der Waals surface area contributed by atoms with Crippen LogP contribution in [0.5, 0.6) is 0 Å². The molecular weight excluding hydrogens is 460 g/mol. The normalized spacial score (nSPS) is 12.9. The molecule has 0 aliphatic heterocycles. The number of aromatic nitrogens is 2. The van der Waals surface area contributed by atoms with Crippen molar-refractivity contribution >= 4 is 23.4 Å². The van der Waals surface area contributed by atoms with Crippen LogP contribution in [0.25, 0.3) is 0 Å².